The Morgan fingerprint density at radius 1 is 1.00 bits per heavy atom. The lowest BCUT2D eigenvalue weighted by Gasteiger charge is -2.12. The van der Waals surface area contributed by atoms with Crippen LogP contribution in [0, 0.1) is 5.82 Å². The second-order valence-electron chi connectivity index (χ2n) is 4.37. The van der Waals surface area contributed by atoms with E-state index >= 15 is 0 Å². The van der Waals surface area contributed by atoms with Crippen molar-refractivity contribution in [3.63, 3.8) is 0 Å². The fourth-order valence-corrected chi connectivity index (χ4v) is 1.80. The topological polar surface area (TPSA) is 29.5 Å². The first-order valence-electron chi connectivity index (χ1n) is 6.37. The Morgan fingerprint density at radius 3 is 2.05 bits per heavy atom. The van der Waals surface area contributed by atoms with E-state index in [4.69, 9.17) is 4.74 Å². The molecule has 1 N–H and O–H groups in total. The fourth-order valence-electron chi connectivity index (χ4n) is 1.80. The van der Waals surface area contributed by atoms with Crippen molar-refractivity contribution in [3.8, 4) is 5.75 Å². The molecular weight excluding hydrogens is 243 g/mol. The van der Waals surface area contributed by atoms with E-state index in [9.17, 15) is 9.50 Å². The smallest absolute Gasteiger partial charge is 0.123 e. The molecule has 2 aromatic rings. The lowest BCUT2D eigenvalue weighted by Crippen LogP contribution is -2.00. The van der Waals surface area contributed by atoms with Crippen molar-refractivity contribution in [2.45, 2.75) is 19.4 Å². The van der Waals surface area contributed by atoms with Gasteiger partial charge in [-0.3, -0.25) is 0 Å². The Kier molecular flexibility index (Phi) is 4.53. The molecule has 0 saturated heterocycles. The van der Waals surface area contributed by atoms with Gasteiger partial charge in [0.25, 0.3) is 0 Å². The third kappa shape index (κ3) is 3.55. The Labute approximate surface area is 112 Å². The van der Waals surface area contributed by atoms with Gasteiger partial charge in [0.15, 0.2) is 0 Å². The molecule has 2 aromatic carbocycles. The van der Waals surface area contributed by atoms with Crippen LogP contribution in [-0.4, -0.2) is 11.7 Å². The number of ether oxygens (including phenoxy) is 1. The Morgan fingerprint density at radius 2 is 1.53 bits per heavy atom. The van der Waals surface area contributed by atoms with Gasteiger partial charge in [-0.2, -0.15) is 0 Å². The van der Waals surface area contributed by atoms with Gasteiger partial charge >= 0.3 is 0 Å². The Balaban J connectivity index is 2.10. The standard InChI is InChI=1S/C16H17FO2/c1-2-11-19-15-9-5-13(6-10-15)16(18)12-3-7-14(17)8-4-12/h3-10,16,18H,2,11H2,1H3. The first-order chi connectivity index (χ1) is 9.20. The summed E-state index contributed by atoms with van der Waals surface area (Å²) in [6.45, 7) is 2.73. The molecule has 100 valence electrons. The minimum Gasteiger partial charge on any atom is -0.494 e. The second-order valence-corrected chi connectivity index (χ2v) is 4.37. The van der Waals surface area contributed by atoms with Crippen LogP contribution in [0.15, 0.2) is 48.5 Å². The zero-order valence-corrected chi connectivity index (χ0v) is 10.8. The lowest BCUT2D eigenvalue weighted by molar-refractivity contribution is 0.220. The molecule has 0 bridgehead atoms. The van der Waals surface area contributed by atoms with Crippen molar-refractivity contribution < 1.29 is 14.2 Å². The van der Waals surface area contributed by atoms with E-state index in [2.05, 4.69) is 0 Å². The number of aliphatic hydroxyl groups excluding tert-OH is 1. The molecule has 0 aliphatic rings. The highest BCUT2D eigenvalue weighted by atomic mass is 19.1. The SMILES string of the molecule is CCCOc1ccc(C(O)c2ccc(F)cc2)cc1. The Hall–Kier alpha value is -1.87. The molecule has 2 rings (SSSR count). The van der Waals surface area contributed by atoms with Gasteiger partial charge in [-0.05, 0) is 41.8 Å². The highest BCUT2D eigenvalue weighted by molar-refractivity contribution is 5.34. The van der Waals surface area contributed by atoms with Gasteiger partial charge < -0.3 is 9.84 Å². The minimum absolute atomic E-state index is 0.306. The van der Waals surface area contributed by atoms with E-state index in [1.807, 2.05) is 31.2 Å². The molecule has 0 spiro atoms. The summed E-state index contributed by atoms with van der Waals surface area (Å²) in [6, 6.07) is 13.2. The van der Waals surface area contributed by atoms with Crippen molar-refractivity contribution in [2.75, 3.05) is 6.61 Å². The molecule has 0 aromatic heterocycles. The van der Waals surface area contributed by atoms with Gasteiger partial charge in [0.2, 0.25) is 0 Å². The highest BCUT2D eigenvalue weighted by Gasteiger charge is 2.10. The molecule has 0 saturated carbocycles. The average Bonchev–Trinajstić information content (AvgIpc) is 2.46. The largest absolute Gasteiger partial charge is 0.494 e. The zero-order valence-electron chi connectivity index (χ0n) is 10.8. The van der Waals surface area contributed by atoms with Crippen LogP contribution >= 0.6 is 0 Å². The average molecular weight is 260 g/mol. The molecule has 0 fully saturated rings. The van der Waals surface area contributed by atoms with Crippen LogP contribution in [0.25, 0.3) is 0 Å². The summed E-state index contributed by atoms with van der Waals surface area (Å²) in [7, 11) is 0. The number of hydrogen-bond acceptors (Lipinski definition) is 2. The van der Waals surface area contributed by atoms with Gasteiger partial charge in [-0.1, -0.05) is 31.2 Å². The molecule has 0 heterocycles. The van der Waals surface area contributed by atoms with Gasteiger partial charge in [-0.15, -0.1) is 0 Å². The quantitative estimate of drug-likeness (QED) is 0.888. The van der Waals surface area contributed by atoms with E-state index in [-0.39, 0.29) is 5.82 Å². The molecular formula is C16H17FO2. The fraction of sp³-hybridized carbons (Fsp3) is 0.250. The number of hydrogen-bond donors (Lipinski definition) is 1. The molecule has 0 aliphatic carbocycles. The third-order valence-electron chi connectivity index (χ3n) is 2.85. The van der Waals surface area contributed by atoms with E-state index in [0.29, 0.717) is 12.2 Å². The summed E-state index contributed by atoms with van der Waals surface area (Å²) in [5, 5.41) is 10.2. The van der Waals surface area contributed by atoms with Crippen LogP contribution in [0.3, 0.4) is 0 Å². The maximum Gasteiger partial charge on any atom is 0.123 e. The molecule has 1 unspecified atom stereocenters. The van der Waals surface area contributed by atoms with Crippen LogP contribution in [0.2, 0.25) is 0 Å². The van der Waals surface area contributed by atoms with Crippen molar-refractivity contribution in [3.05, 3.63) is 65.5 Å². The van der Waals surface area contributed by atoms with Crippen LogP contribution < -0.4 is 4.74 Å². The monoisotopic (exact) mass is 260 g/mol. The summed E-state index contributed by atoms with van der Waals surface area (Å²) in [6.07, 6.45) is 0.209. The van der Waals surface area contributed by atoms with Crippen molar-refractivity contribution in [2.24, 2.45) is 0 Å². The number of benzene rings is 2. The highest BCUT2D eigenvalue weighted by Crippen LogP contribution is 2.24. The van der Waals surface area contributed by atoms with E-state index in [1.165, 1.54) is 12.1 Å². The number of halogens is 1. The minimum atomic E-state index is -0.749. The lowest BCUT2D eigenvalue weighted by atomic mass is 10.0. The summed E-state index contributed by atoms with van der Waals surface area (Å²) >= 11 is 0. The first-order valence-corrected chi connectivity index (χ1v) is 6.37. The molecule has 0 radical (unpaired) electrons. The molecule has 0 aliphatic heterocycles. The molecule has 0 amide bonds. The van der Waals surface area contributed by atoms with Crippen molar-refractivity contribution in [1.29, 1.82) is 0 Å². The predicted octanol–water partition coefficient (Wildman–Crippen LogP) is 3.70. The number of rotatable bonds is 5. The van der Waals surface area contributed by atoms with Gasteiger partial charge in [0.1, 0.15) is 17.7 Å². The van der Waals surface area contributed by atoms with Crippen LogP contribution in [0.5, 0.6) is 5.75 Å². The predicted molar refractivity (Wildman–Crippen MR) is 72.7 cm³/mol. The van der Waals surface area contributed by atoms with E-state index in [0.717, 1.165) is 17.7 Å². The maximum atomic E-state index is 12.8. The first kappa shape index (κ1) is 13.6. The third-order valence-corrected chi connectivity index (χ3v) is 2.85. The Bertz CT molecular complexity index is 505. The molecule has 1 atom stereocenters. The molecule has 2 nitrogen and oxygen atoms in total. The van der Waals surface area contributed by atoms with Crippen LogP contribution in [-0.2, 0) is 0 Å². The normalized spacial score (nSPS) is 12.2. The van der Waals surface area contributed by atoms with Gasteiger partial charge in [0, 0.05) is 0 Å². The molecule has 3 heteroatoms. The summed E-state index contributed by atoms with van der Waals surface area (Å²) in [5.41, 5.74) is 1.43. The second kappa shape index (κ2) is 6.34. The van der Waals surface area contributed by atoms with E-state index in [1.54, 1.807) is 12.1 Å². The summed E-state index contributed by atoms with van der Waals surface area (Å²) in [4.78, 5) is 0. The number of aliphatic hydroxyl groups is 1. The van der Waals surface area contributed by atoms with E-state index < -0.39 is 6.10 Å². The summed E-state index contributed by atoms with van der Waals surface area (Å²) < 4.78 is 18.3. The zero-order chi connectivity index (χ0) is 13.7. The van der Waals surface area contributed by atoms with Crippen LogP contribution in [0.4, 0.5) is 4.39 Å². The summed E-state index contributed by atoms with van der Waals surface area (Å²) in [5.74, 6) is 0.483. The van der Waals surface area contributed by atoms with Gasteiger partial charge in [-0.25, -0.2) is 4.39 Å². The maximum absolute atomic E-state index is 12.8. The van der Waals surface area contributed by atoms with Crippen molar-refractivity contribution in [1.82, 2.24) is 0 Å². The van der Waals surface area contributed by atoms with Gasteiger partial charge in [0.05, 0.1) is 6.61 Å². The molecule has 19 heavy (non-hydrogen) atoms. The van der Waals surface area contributed by atoms with Crippen molar-refractivity contribution >= 4 is 0 Å². The van der Waals surface area contributed by atoms with Crippen LogP contribution in [0.1, 0.15) is 30.6 Å².